The topological polar surface area (TPSA) is 32.3 Å². The highest BCUT2D eigenvalue weighted by Gasteiger charge is 1.92. The fraction of sp³-hybridized carbons (Fsp3) is 0. The Kier molecular flexibility index (Phi) is 1.87. The van der Waals surface area contributed by atoms with Crippen LogP contribution in [0.1, 0.15) is 0 Å². The van der Waals surface area contributed by atoms with E-state index in [1.54, 1.807) is 18.2 Å². The first-order valence-electron chi connectivity index (χ1n) is 2.51. The Labute approximate surface area is 58.9 Å². The molecule has 0 bridgehead atoms. The number of hydrogen-bond donors (Lipinski definition) is 2. The van der Waals surface area contributed by atoms with Gasteiger partial charge in [-0.15, -0.1) is 0 Å². The van der Waals surface area contributed by atoms with E-state index in [4.69, 9.17) is 17.8 Å². The lowest BCUT2D eigenvalue weighted by atomic mass is 10.3. The second-order valence-corrected chi connectivity index (χ2v) is 2.05. The summed E-state index contributed by atoms with van der Waals surface area (Å²) in [6, 6.07) is 7.08. The molecule has 0 saturated carbocycles. The summed E-state index contributed by atoms with van der Waals surface area (Å²) in [5.41, 5.74) is 2.57. The molecule has 0 unspecified atom stereocenters. The van der Waals surface area contributed by atoms with Crippen LogP contribution in [0.25, 0.3) is 0 Å². The third-order valence-corrected chi connectivity index (χ3v) is 1.36. The Morgan fingerprint density at radius 1 is 1.33 bits per heavy atom. The maximum atomic E-state index is 8.40. The molecule has 47 valence electrons. The highest BCUT2D eigenvalue weighted by Crippen LogP contribution is 2.16. The highest BCUT2D eigenvalue weighted by atomic mass is 32.1. The van der Waals surface area contributed by atoms with Gasteiger partial charge in [-0.1, -0.05) is 24.8 Å². The van der Waals surface area contributed by atoms with Crippen LogP contribution in [0, 0.1) is 0 Å². The molecule has 0 aliphatic heterocycles. The zero-order chi connectivity index (χ0) is 6.69. The summed E-state index contributed by atoms with van der Waals surface area (Å²) in [5, 5.41) is 8.40. The summed E-state index contributed by atoms with van der Waals surface area (Å²) in [6.07, 6.45) is 0. The fourth-order valence-corrected chi connectivity index (χ4v) is 0.751. The van der Waals surface area contributed by atoms with Crippen molar-refractivity contribution in [3.63, 3.8) is 0 Å². The summed E-state index contributed by atoms with van der Waals surface area (Å²) in [6.45, 7) is 0. The normalized spacial score (nSPS) is 9.00. The standard InChI is InChI=1S/C6H6NOS/c8-7-5-3-1-2-4-6(5)9/h1-4,7-8H. The van der Waals surface area contributed by atoms with Crippen molar-refractivity contribution in [2.45, 2.75) is 4.90 Å². The van der Waals surface area contributed by atoms with E-state index >= 15 is 0 Å². The van der Waals surface area contributed by atoms with Crippen LogP contribution in [-0.2, 0) is 0 Å². The molecule has 1 rings (SSSR count). The number of rotatable bonds is 1. The maximum Gasteiger partial charge on any atom is 0.0782 e. The first-order chi connectivity index (χ1) is 4.34. The monoisotopic (exact) mass is 140 g/mol. The first kappa shape index (κ1) is 6.32. The third-order valence-electron chi connectivity index (χ3n) is 1.01. The third kappa shape index (κ3) is 1.31. The summed E-state index contributed by atoms with van der Waals surface area (Å²) in [4.78, 5) is 0.625. The lowest BCUT2D eigenvalue weighted by Gasteiger charge is -1.98. The van der Waals surface area contributed by atoms with Crippen molar-refractivity contribution >= 4 is 18.3 Å². The average molecular weight is 140 g/mol. The van der Waals surface area contributed by atoms with Gasteiger partial charge in [0.15, 0.2) is 0 Å². The van der Waals surface area contributed by atoms with Gasteiger partial charge in [0.05, 0.1) is 10.6 Å². The zero-order valence-corrected chi connectivity index (χ0v) is 5.48. The van der Waals surface area contributed by atoms with Gasteiger partial charge in [0, 0.05) is 0 Å². The van der Waals surface area contributed by atoms with Crippen LogP contribution >= 0.6 is 12.6 Å². The number of nitrogens with one attached hydrogen (secondary N) is 1. The van der Waals surface area contributed by atoms with Crippen molar-refractivity contribution < 1.29 is 5.21 Å². The highest BCUT2D eigenvalue weighted by molar-refractivity contribution is 7.80. The minimum absolute atomic E-state index is 0.576. The van der Waals surface area contributed by atoms with Crippen LogP contribution in [0.15, 0.2) is 29.2 Å². The van der Waals surface area contributed by atoms with Gasteiger partial charge in [0.2, 0.25) is 0 Å². The van der Waals surface area contributed by atoms with E-state index in [0.717, 1.165) is 0 Å². The van der Waals surface area contributed by atoms with E-state index in [-0.39, 0.29) is 0 Å². The quantitative estimate of drug-likeness (QED) is 0.585. The molecule has 1 aromatic rings. The van der Waals surface area contributed by atoms with Crippen LogP contribution in [0.4, 0.5) is 5.69 Å². The average Bonchev–Trinajstić information content (AvgIpc) is 1.89. The van der Waals surface area contributed by atoms with Crippen LogP contribution in [0.2, 0.25) is 0 Å². The van der Waals surface area contributed by atoms with Crippen LogP contribution in [0.3, 0.4) is 0 Å². The van der Waals surface area contributed by atoms with Crippen molar-refractivity contribution in [2.75, 3.05) is 5.48 Å². The fourth-order valence-electron chi connectivity index (χ4n) is 0.559. The molecular weight excluding hydrogens is 134 g/mol. The maximum absolute atomic E-state index is 8.40. The van der Waals surface area contributed by atoms with Gasteiger partial charge >= 0.3 is 0 Å². The Balaban J connectivity index is 3.01. The van der Waals surface area contributed by atoms with E-state index in [0.29, 0.717) is 10.6 Å². The van der Waals surface area contributed by atoms with Gasteiger partial charge in [-0.05, 0) is 12.1 Å². The number of para-hydroxylation sites is 1. The van der Waals surface area contributed by atoms with E-state index in [9.17, 15) is 0 Å². The van der Waals surface area contributed by atoms with Gasteiger partial charge in [-0.3, -0.25) is 10.7 Å². The molecule has 0 spiro atoms. The molecule has 0 fully saturated rings. The van der Waals surface area contributed by atoms with Crippen LogP contribution < -0.4 is 5.48 Å². The molecule has 1 radical (unpaired) electrons. The summed E-state index contributed by atoms with van der Waals surface area (Å²) in [7, 11) is 0. The molecule has 0 heterocycles. The predicted molar refractivity (Wildman–Crippen MR) is 37.7 cm³/mol. The molecule has 3 heteroatoms. The van der Waals surface area contributed by atoms with Crippen molar-refractivity contribution in [3.05, 3.63) is 24.3 Å². The van der Waals surface area contributed by atoms with Crippen molar-refractivity contribution in [1.82, 2.24) is 0 Å². The summed E-state index contributed by atoms with van der Waals surface area (Å²) in [5.74, 6) is 0. The lowest BCUT2D eigenvalue weighted by Crippen LogP contribution is -1.88. The minimum atomic E-state index is 0.576. The Bertz CT molecular complexity index is 202. The molecule has 0 amide bonds. The molecule has 0 saturated heterocycles. The molecule has 1 aromatic carbocycles. The van der Waals surface area contributed by atoms with Gasteiger partial charge in [-0.2, -0.15) is 0 Å². The van der Waals surface area contributed by atoms with E-state index in [2.05, 4.69) is 0 Å². The number of benzene rings is 1. The largest absolute Gasteiger partial charge is 0.291 e. The smallest absolute Gasteiger partial charge is 0.0782 e. The molecule has 0 aromatic heterocycles. The molecule has 0 aliphatic carbocycles. The second-order valence-electron chi connectivity index (χ2n) is 1.61. The minimum Gasteiger partial charge on any atom is -0.291 e. The Hall–Kier alpha value is -0.800. The number of hydrogen-bond acceptors (Lipinski definition) is 2. The molecule has 0 atom stereocenters. The molecule has 2 N–H and O–H groups in total. The lowest BCUT2D eigenvalue weighted by molar-refractivity contribution is 0.387. The van der Waals surface area contributed by atoms with Gasteiger partial charge in [0.1, 0.15) is 0 Å². The predicted octanol–water partition coefficient (Wildman–Crippen LogP) is 2.04. The number of anilines is 1. The van der Waals surface area contributed by atoms with Gasteiger partial charge in [0.25, 0.3) is 0 Å². The summed E-state index contributed by atoms with van der Waals surface area (Å²) >= 11 is 4.83. The molecule has 0 aliphatic rings. The van der Waals surface area contributed by atoms with Crippen molar-refractivity contribution in [2.24, 2.45) is 0 Å². The van der Waals surface area contributed by atoms with E-state index in [1.165, 1.54) is 0 Å². The molecule has 2 nitrogen and oxygen atoms in total. The zero-order valence-electron chi connectivity index (χ0n) is 4.66. The molecular formula is C6H6NOS. The van der Waals surface area contributed by atoms with Crippen molar-refractivity contribution in [3.8, 4) is 0 Å². The summed E-state index contributed by atoms with van der Waals surface area (Å²) < 4.78 is 0. The van der Waals surface area contributed by atoms with Gasteiger partial charge < -0.3 is 0 Å². The Morgan fingerprint density at radius 2 is 2.00 bits per heavy atom. The van der Waals surface area contributed by atoms with Crippen LogP contribution in [-0.4, -0.2) is 5.21 Å². The van der Waals surface area contributed by atoms with E-state index in [1.807, 2.05) is 11.5 Å². The van der Waals surface area contributed by atoms with Crippen LogP contribution in [0.5, 0.6) is 0 Å². The first-order valence-corrected chi connectivity index (χ1v) is 2.91. The van der Waals surface area contributed by atoms with E-state index < -0.39 is 0 Å². The molecule has 9 heavy (non-hydrogen) atoms. The Morgan fingerprint density at radius 3 is 2.44 bits per heavy atom. The second kappa shape index (κ2) is 2.66. The van der Waals surface area contributed by atoms with Gasteiger partial charge in [-0.25, -0.2) is 0 Å². The SMILES string of the molecule is ONc1ccccc1[S]. The van der Waals surface area contributed by atoms with Crippen molar-refractivity contribution in [1.29, 1.82) is 0 Å².